The topological polar surface area (TPSA) is 64.6 Å². The van der Waals surface area contributed by atoms with Crippen LogP contribution < -0.4 is 10.1 Å². The molecule has 6 heteroatoms. The fourth-order valence-corrected chi connectivity index (χ4v) is 3.21. The number of hydrogen-bond donors (Lipinski definition) is 1. The molecule has 0 aliphatic rings. The van der Waals surface area contributed by atoms with E-state index in [1.807, 2.05) is 56.3 Å². The van der Waals surface area contributed by atoms with Crippen molar-refractivity contribution in [3.63, 3.8) is 0 Å². The smallest absolute Gasteiger partial charge is 0.344 e. The Morgan fingerprint density at radius 1 is 0.964 bits per heavy atom. The number of benzene rings is 3. The van der Waals surface area contributed by atoms with Crippen LogP contribution >= 0.6 is 11.6 Å². The normalized spacial score (nSPS) is 10.5. The number of carbonyl (C=O) groups is 2. The second-order valence-corrected chi connectivity index (χ2v) is 6.85. The summed E-state index contributed by atoms with van der Waals surface area (Å²) in [7, 11) is 0. The predicted molar refractivity (Wildman–Crippen MR) is 110 cm³/mol. The Kier molecular flexibility index (Phi) is 6.16. The van der Waals surface area contributed by atoms with Gasteiger partial charge in [-0.15, -0.1) is 0 Å². The highest BCUT2D eigenvalue weighted by atomic mass is 35.5. The van der Waals surface area contributed by atoms with Gasteiger partial charge in [0.25, 0.3) is 5.91 Å². The van der Waals surface area contributed by atoms with Gasteiger partial charge in [-0.1, -0.05) is 48.0 Å². The van der Waals surface area contributed by atoms with E-state index in [1.54, 1.807) is 12.1 Å². The number of anilines is 1. The van der Waals surface area contributed by atoms with Crippen molar-refractivity contribution in [2.24, 2.45) is 0 Å². The lowest BCUT2D eigenvalue weighted by molar-refractivity contribution is -0.149. The largest absolute Gasteiger partial charge is 0.482 e. The van der Waals surface area contributed by atoms with Crippen LogP contribution in [-0.4, -0.2) is 25.1 Å². The van der Waals surface area contributed by atoms with E-state index in [-0.39, 0.29) is 6.61 Å². The fourth-order valence-electron chi connectivity index (χ4n) is 2.84. The molecule has 5 nitrogen and oxygen atoms in total. The Balaban J connectivity index is 1.49. The maximum atomic E-state index is 12.0. The van der Waals surface area contributed by atoms with Crippen molar-refractivity contribution in [2.45, 2.75) is 13.8 Å². The maximum Gasteiger partial charge on any atom is 0.344 e. The van der Waals surface area contributed by atoms with Crippen molar-refractivity contribution in [3.05, 3.63) is 70.7 Å². The van der Waals surface area contributed by atoms with Crippen molar-refractivity contribution < 1.29 is 19.1 Å². The van der Waals surface area contributed by atoms with Gasteiger partial charge in [-0.3, -0.25) is 4.79 Å². The van der Waals surface area contributed by atoms with E-state index >= 15 is 0 Å². The molecule has 0 unspecified atom stereocenters. The number of hydrogen-bond acceptors (Lipinski definition) is 4. The Labute approximate surface area is 168 Å². The van der Waals surface area contributed by atoms with Gasteiger partial charge in [0, 0.05) is 0 Å². The summed E-state index contributed by atoms with van der Waals surface area (Å²) in [5, 5.41) is 5.20. The first kappa shape index (κ1) is 19.7. The molecule has 28 heavy (non-hydrogen) atoms. The zero-order valence-electron chi connectivity index (χ0n) is 15.6. The molecule has 3 aromatic rings. The van der Waals surface area contributed by atoms with Crippen LogP contribution in [0.15, 0.2) is 54.6 Å². The van der Waals surface area contributed by atoms with Crippen LogP contribution in [0.4, 0.5) is 5.69 Å². The Bertz CT molecular complexity index is 1010. The minimum absolute atomic E-state index is 0.282. The molecule has 0 atom stereocenters. The van der Waals surface area contributed by atoms with Crippen LogP contribution in [0.1, 0.15) is 11.1 Å². The van der Waals surface area contributed by atoms with Gasteiger partial charge in [-0.05, 0) is 53.9 Å². The number of amides is 1. The van der Waals surface area contributed by atoms with E-state index in [0.29, 0.717) is 16.5 Å². The molecule has 3 aromatic carbocycles. The van der Waals surface area contributed by atoms with Crippen molar-refractivity contribution in [3.8, 4) is 5.75 Å². The first-order valence-corrected chi connectivity index (χ1v) is 9.14. The highest BCUT2D eigenvalue weighted by Crippen LogP contribution is 2.27. The third-order valence-corrected chi connectivity index (χ3v) is 4.44. The molecular weight excluding hydrogens is 378 g/mol. The predicted octanol–water partition coefficient (Wildman–Crippen LogP) is 4.67. The molecule has 0 bridgehead atoms. The lowest BCUT2D eigenvalue weighted by Crippen LogP contribution is -2.24. The zero-order chi connectivity index (χ0) is 20.1. The second-order valence-electron chi connectivity index (χ2n) is 6.45. The van der Waals surface area contributed by atoms with Crippen LogP contribution in [0.2, 0.25) is 5.02 Å². The summed E-state index contributed by atoms with van der Waals surface area (Å²) in [6.45, 7) is 3.07. The van der Waals surface area contributed by atoms with Crippen LogP contribution in [0.25, 0.3) is 10.8 Å². The molecule has 1 N–H and O–H groups in total. The molecule has 0 heterocycles. The van der Waals surface area contributed by atoms with E-state index in [2.05, 4.69) is 5.32 Å². The number of ether oxygens (including phenoxy) is 2. The van der Waals surface area contributed by atoms with E-state index in [0.717, 1.165) is 21.9 Å². The van der Waals surface area contributed by atoms with E-state index in [1.165, 1.54) is 0 Å². The summed E-state index contributed by atoms with van der Waals surface area (Å²) in [4.78, 5) is 23.9. The number of fused-ring (bicyclic) bond motifs is 1. The van der Waals surface area contributed by atoms with Gasteiger partial charge < -0.3 is 14.8 Å². The molecule has 0 aliphatic heterocycles. The van der Waals surface area contributed by atoms with E-state index in [9.17, 15) is 9.59 Å². The summed E-state index contributed by atoms with van der Waals surface area (Å²) >= 11 is 6.16. The summed E-state index contributed by atoms with van der Waals surface area (Å²) in [6.07, 6.45) is 0. The number of carbonyl (C=O) groups excluding carboxylic acids is 2. The van der Waals surface area contributed by atoms with Crippen molar-refractivity contribution in [1.29, 1.82) is 0 Å². The van der Waals surface area contributed by atoms with Gasteiger partial charge in [0.05, 0.1) is 10.7 Å². The number of nitrogens with one attached hydrogen (secondary N) is 1. The average molecular weight is 398 g/mol. The summed E-state index contributed by atoms with van der Waals surface area (Å²) < 4.78 is 10.4. The maximum absolute atomic E-state index is 12.0. The van der Waals surface area contributed by atoms with Gasteiger partial charge in [0.1, 0.15) is 5.75 Å². The number of aryl methyl sites for hydroxylation is 2. The number of rotatable bonds is 6. The minimum atomic E-state index is -0.630. The van der Waals surface area contributed by atoms with Gasteiger partial charge in [-0.2, -0.15) is 0 Å². The van der Waals surface area contributed by atoms with Gasteiger partial charge in [0.15, 0.2) is 13.2 Å². The van der Waals surface area contributed by atoms with Crippen LogP contribution in [-0.2, 0) is 14.3 Å². The zero-order valence-corrected chi connectivity index (χ0v) is 16.4. The van der Waals surface area contributed by atoms with Crippen LogP contribution in [0, 0.1) is 13.8 Å². The van der Waals surface area contributed by atoms with Gasteiger partial charge in [-0.25, -0.2) is 4.79 Å². The molecular formula is C22H20ClNO4. The molecule has 144 valence electrons. The van der Waals surface area contributed by atoms with E-state index < -0.39 is 18.5 Å². The fraction of sp³-hybridized carbons (Fsp3) is 0.182. The summed E-state index contributed by atoms with van der Waals surface area (Å²) in [5.74, 6) is -0.537. The summed E-state index contributed by atoms with van der Waals surface area (Å²) in [6, 6.07) is 17.0. The second kappa shape index (κ2) is 8.76. The van der Waals surface area contributed by atoms with Crippen molar-refractivity contribution in [1.82, 2.24) is 0 Å². The average Bonchev–Trinajstić information content (AvgIpc) is 2.67. The molecule has 0 aliphatic carbocycles. The Morgan fingerprint density at radius 3 is 2.46 bits per heavy atom. The third-order valence-electron chi connectivity index (χ3n) is 4.14. The molecule has 3 rings (SSSR count). The van der Waals surface area contributed by atoms with E-state index in [4.69, 9.17) is 21.1 Å². The lowest BCUT2D eigenvalue weighted by Gasteiger charge is -2.12. The number of halogens is 1. The first-order chi connectivity index (χ1) is 13.4. The number of esters is 1. The van der Waals surface area contributed by atoms with Crippen LogP contribution in [0.3, 0.4) is 0 Å². The Morgan fingerprint density at radius 2 is 1.71 bits per heavy atom. The highest BCUT2D eigenvalue weighted by molar-refractivity contribution is 6.34. The summed E-state index contributed by atoms with van der Waals surface area (Å²) in [5.41, 5.74) is 2.35. The third kappa shape index (κ3) is 5.02. The van der Waals surface area contributed by atoms with Gasteiger partial charge >= 0.3 is 5.97 Å². The molecule has 0 spiro atoms. The quantitative estimate of drug-likeness (QED) is 0.614. The SMILES string of the molecule is Cc1cc(C)c(NC(=O)COC(=O)COc2ccc3ccccc3c2)c(Cl)c1. The molecule has 0 radical (unpaired) electrons. The molecule has 0 fully saturated rings. The molecule has 0 saturated heterocycles. The molecule has 1 amide bonds. The van der Waals surface area contributed by atoms with Crippen molar-refractivity contribution in [2.75, 3.05) is 18.5 Å². The molecule has 0 aromatic heterocycles. The molecule has 0 saturated carbocycles. The monoisotopic (exact) mass is 397 g/mol. The lowest BCUT2D eigenvalue weighted by atomic mass is 10.1. The van der Waals surface area contributed by atoms with Crippen LogP contribution in [0.5, 0.6) is 5.75 Å². The first-order valence-electron chi connectivity index (χ1n) is 8.76. The Hall–Kier alpha value is -3.05. The highest BCUT2D eigenvalue weighted by Gasteiger charge is 2.12. The van der Waals surface area contributed by atoms with Crippen molar-refractivity contribution >= 4 is 39.9 Å². The van der Waals surface area contributed by atoms with Gasteiger partial charge in [0.2, 0.25) is 0 Å². The minimum Gasteiger partial charge on any atom is -0.482 e. The standard InChI is InChI=1S/C22H20ClNO4/c1-14-9-15(2)22(19(23)10-14)24-20(25)12-28-21(26)13-27-18-8-7-16-5-3-4-6-17(16)11-18/h3-11H,12-13H2,1-2H3,(H,24,25).